The van der Waals surface area contributed by atoms with Crippen LogP contribution >= 0.6 is 11.6 Å². The van der Waals surface area contributed by atoms with E-state index < -0.39 is 19.7 Å². The van der Waals surface area contributed by atoms with Crippen molar-refractivity contribution in [2.45, 2.75) is 16.8 Å². The molecule has 0 fully saturated rings. The van der Waals surface area contributed by atoms with E-state index in [1.54, 1.807) is 43.3 Å². The molecule has 0 N–H and O–H groups in total. The topological polar surface area (TPSA) is 94.1 Å². The van der Waals surface area contributed by atoms with Gasteiger partial charge in [-0.25, -0.2) is 21.8 Å². The molecule has 0 saturated carbocycles. The molecule has 9 heteroatoms. The Morgan fingerprint density at radius 2 is 1.54 bits per heavy atom. The van der Waals surface area contributed by atoms with Crippen LogP contribution < -0.4 is 0 Å². The highest BCUT2D eigenvalue weighted by atomic mass is 35.5. The van der Waals surface area contributed by atoms with Crippen molar-refractivity contribution in [3.05, 3.63) is 59.9 Å². The molecule has 0 aliphatic rings. The summed E-state index contributed by atoms with van der Waals surface area (Å²) < 4.78 is 47.2. The smallest absolute Gasteiger partial charge is 0.192 e. The molecule has 1 aromatic carbocycles. The minimum atomic E-state index is -3.40. The highest BCUT2D eigenvalue weighted by molar-refractivity contribution is 7.91. The fourth-order valence-corrected chi connectivity index (χ4v) is 4.24. The normalized spacial score (nSPS) is 12.1. The lowest BCUT2D eigenvalue weighted by Crippen LogP contribution is -2.03. The third kappa shape index (κ3) is 4.24. The lowest BCUT2D eigenvalue weighted by atomic mass is 10.0. The van der Waals surface area contributed by atoms with Crippen LogP contribution in [-0.4, -0.2) is 38.8 Å². The molecule has 146 valence electrons. The predicted molar refractivity (Wildman–Crippen MR) is 109 cm³/mol. The van der Waals surface area contributed by atoms with E-state index in [4.69, 9.17) is 11.6 Å². The van der Waals surface area contributed by atoms with E-state index in [0.29, 0.717) is 21.8 Å². The van der Waals surface area contributed by atoms with Crippen LogP contribution in [0.1, 0.15) is 6.92 Å². The van der Waals surface area contributed by atoms with Gasteiger partial charge in [-0.3, -0.25) is 4.98 Å². The van der Waals surface area contributed by atoms with Crippen molar-refractivity contribution < 1.29 is 16.8 Å². The molecule has 0 aliphatic carbocycles. The Balaban J connectivity index is 2.09. The van der Waals surface area contributed by atoms with Crippen molar-refractivity contribution in [2.24, 2.45) is 0 Å². The van der Waals surface area contributed by atoms with Gasteiger partial charge in [-0.05, 0) is 35.9 Å². The quantitative estimate of drug-likeness (QED) is 0.605. The summed E-state index contributed by atoms with van der Waals surface area (Å²) in [5.41, 5.74) is 2.58. The number of aromatic nitrogens is 2. The predicted octanol–water partition coefficient (Wildman–Crippen LogP) is 3.66. The van der Waals surface area contributed by atoms with Crippen LogP contribution in [0.25, 0.3) is 22.4 Å². The molecule has 0 aliphatic heterocycles. The zero-order valence-electron chi connectivity index (χ0n) is 15.1. The van der Waals surface area contributed by atoms with E-state index in [0.717, 1.165) is 11.8 Å². The monoisotopic (exact) mass is 436 g/mol. The second-order valence-corrected chi connectivity index (χ2v) is 10.8. The van der Waals surface area contributed by atoms with Crippen LogP contribution in [0.4, 0.5) is 0 Å². The van der Waals surface area contributed by atoms with Crippen molar-refractivity contribution in [1.29, 1.82) is 0 Å². The summed E-state index contributed by atoms with van der Waals surface area (Å²) in [7, 11) is -6.70. The van der Waals surface area contributed by atoms with Gasteiger partial charge >= 0.3 is 0 Å². The number of benzene rings is 1. The largest absolute Gasteiger partial charge is 0.254 e. The molecular weight excluding hydrogens is 420 g/mol. The second-order valence-electron chi connectivity index (χ2n) is 6.13. The van der Waals surface area contributed by atoms with Crippen LogP contribution in [-0.2, 0) is 19.7 Å². The van der Waals surface area contributed by atoms with Gasteiger partial charge in [0.05, 0.1) is 21.4 Å². The van der Waals surface area contributed by atoms with E-state index in [1.807, 2.05) is 0 Å². The van der Waals surface area contributed by atoms with Gasteiger partial charge in [-0.1, -0.05) is 30.7 Å². The van der Waals surface area contributed by atoms with Crippen molar-refractivity contribution in [2.75, 3.05) is 12.0 Å². The summed E-state index contributed by atoms with van der Waals surface area (Å²) in [5.74, 6) is 0.0225. The molecule has 6 nitrogen and oxygen atoms in total. The average molecular weight is 437 g/mol. The first-order valence-electron chi connectivity index (χ1n) is 8.27. The summed E-state index contributed by atoms with van der Waals surface area (Å²) in [6.07, 6.45) is 4.01. The minimum Gasteiger partial charge on any atom is -0.254 e. The number of sulfone groups is 2. The molecule has 3 rings (SSSR count). The minimum absolute atomic E-state index is 0.0225. The SMILES string of the molecule is CCS(=O)(=O)c1ccc(-c2cc(Cl)cnc2-c2ccc(S(C)(=O)=O)nc2)cc1. The van der Waals surface area contributed by atoms with Crippen molar-refractivity contribution >= 4 is 31.3 Å². The van der Waals surface area contributed by atoms with Crippen LogP contribution in [0, 0.1) is 0 Å². The second kappa shape index (κ2) is 7.62. The fourth-order valence-electron chi connectivity index (χ4n) is 2.64. The molecule has 0 radical (unpaired) electrons. The van der Waals surface area contributed by atoms with Crippen molar-refractivity contribution in [3.63, 3.8) is 0 Å². The van der Waals surface area contributed by atoms with Crippen LogP contribution in [0.3, 0.4) is 0 Å². The summed E-state index contributed by atoms with van der Waals surface area (Å²) in [4.78, 5) is 8.61. The van der Waals surface area contributed by atoms with E-state index in [9.17, 15) is 16.8 Å². The molecule has 0 spiro atoms. The molecule has 0 amide bonds. The van der Waals surface area contributed by atoms with Crippen LogP contribution in [0.15, 0.2) is 64.8 Å². The Hall–Kier alpha value is -2.29. The number of hydrogen-bond donors (Lipinski definition) is 0. The average Bonchev–Trinajstić information content (AvgIpc) is 2.67. The number of nitrogens with zero attached hydrogens (tertiary/aromatic N) is 2. The van der Waals surface area contributed by atoms with E-state index in [2.05, 4.69) is 9.97 Å². The lowest BCUT2D eigenvalue weighted by Gasteiger charge is -2.11. The van der Waals surface area contributed by atoms with Gasteiger partial charge in [0.2, 0.25) is 0 Å². The summed E-state index contributed by atoms with van der Waals surface area (Å²) >= 11 is 6.11. The molecule has 3 aromatic rings. The zero-order valence-corrected chi connectivity index (χ0v) is 17.5. The highest BCUT2D eigenvalue weighted by Crippen LogP contribution is 2.33. The maximum Gasteiger partial charge on any atom is 0.192 e. The Morgan fingerprint density at radius 1 is 0.893 bits per heavy atom. The molecule has 0 bridgehead atoms. The van der Waals surface area contributed by atoms with Gasteiger partial charge in [-0.15, -0.1) is 0 Å². The van der Waals surface area contributed by atoms with Gasteiger partial charge in [0.15, 0.2) is 24.7 Å². The number of halogens is 1. The third-order valence-electron chi connectivity index (χ3n) is 4.15. The van der Waals surface area contributed by atoms with Gasteiger partial charge < -0.3 is 0 Å². The number of pyridine rings is 2. The number of hydrogen-bond acceptors (Lipinski definition) is 6. The standard InChI is InChI=1S/C19H17ClN2O4S2/c1-3-28(25,26)16-7-4-13(5-8-16)17-10-15(20)12-22-19(17)14-6-9-18(21-11-14)27(2,23)24/h4-12H,3H2,1-2H3. The zero-order chi connectivity index (χ0) is 20.5. The maximum atomic E-state index is 12.0. The first-order valence-corrected chi connectivity index (χ1v) is 12.2. The highest BCUT2D eigenvalue weighted by Gasteiger charge is 2.15. The molecule has 0 atom stereocenters. The van der Waals surface area contributed by atoms with Crippen LogP contribution in [0.5, 0.6) is 0 Å². The summed E-state index contributed by atoms with van der Waals surface area (Å²) in [6, 6.07) is 11.2. The van der Waals surface area contributed by atoms with Crippen LogP contribution in [0.2, 0.25) is 5.02 Å². The van der Waals surface area contributed by atoms with Crippen molar-refractivity contribution in [3.8, 4) is 22.4 Å². The summed E-state index contributed by atoms with van der Waals surface area (Å²) in [5, 5.41) is 0.394. The first-order chi connectivity index (χ1) is 13.1. The fraction of sp³-hybridized carbons (Fsp3) is 0.158. The molecule has 0 saturated heterocycles. The molecule has 2 heterocycles. The third-order valence-corrected chi connectivity index (χ3v) is 7.11. The van der Waals surface area contributed by atoms with Gasteiger partial charge in [0.1, 0.15) is 0 Å². The van der Waals surface area contributed by atoms with E-state index in [1.165, 1.54) is 18.5 Å². The molecule has 2 aromatic heterocycles. The lowest BCUT2D eigenvalue weighted by molar-refractivity contribution is 0.596. The van der Waals surface area contributed by atoms with Gasteiger partial charge in [-0.2, -0.15) is 0 Å². The van der Waals surface area contributed by atoms with Gasteiger partial charge in [0.25, 0.3) is 0 Å². The summed E-state index contributed by atoms with van der Waals surface area (Å²) in [6.45, 7) is 1.59. The maximum absolute atomic E-state index is 12.0. The first kappa shape index (κ1) is 20.4. The molecular formula is C19H17ClN2O4S2. The molecule has 0 unspecified atom stereocenters. The Bertz CT molecular complexity index is 1220. The van der Waals surface area contributed by atoms with Gasteiger partial charge in [0, 0.05) is 29.8 Å². The van der Waals surface area contributed by atoms with E-state index >= 15 is 0 Å². The molecule has 28 heavy (non-hydrogen) atoms. The van der Waals surface area contributed by atoms with E-state index in [-0.39, 0.29) is 15.7 Å². The van der Waals surface area contributed by atoms with Crippen molar-refractivity contribution in [1.82, 2.24) is 9.97 Å². The Kier molecular flexibility index (Phi) is 5.56. The Labute approximate surface area is 169 Å². The Morgan fingerprint density at radius 3 is 2.07 bits per heavy atom. The number of rotatable bonds is 5.